The lowest BCUT2D eigenvalue weighted by atomic mass is 9.95. The van der Waals surface area contributed by atoms with Crippen LogP contribution in [0.4, 0.5) is 10.1 Å². The third-order valence-corrected chi connectivity index (χ3v) is 7.72. The zero-order chi connectivity index (χ0) is 25.6. The van der Waals surface area contributed by atoms with Gasteiger partial charge in [-0.05, 0) is 55.7 Å². The molecule has 1 saturated carbocycles. The van der Waals surface area contributed by atoms with E-state index in [4.69, 9.17) is 11.6 Å². The van der Waals surface area contributed by atoms with Gasteiger partial charge in [-0.25, -0.2) is 12.8 Å². The van der Waals surface area contributed by atoms with Crippen LogP contribution >= 0.6 is 11.6 Å². The van der Waals surface area contributed by atoms with Gasteiger partial charge in [-0.3, -0.25) is 13.9 Å². The molecule has 190 valence electrons. The van der Waals surface area contributed by atoms with Crippen LogP contribution in [0.3, 0.4) is 0 Å². The number of hydrogen-bond donors (Lipinski definition) is 1. The molecule has 0 bridgehead atoms. The monoisotopic (exact) mass is 523 g/mol. The molecular weight excluding hydrogens is 493 g/mol. The zero-order valence-corrected chi connectivity index (χ0v) is 21.5. The lowest BCUT2D eigenvalue weighted by Gasteiger charge is -2.33. The van der Waals surface area contributed by atoms with Crippen LogP contribution in [0.5, 0.6) is 0 Å². The van der Waals surface area contributed by atoms with Gasteiger partial charge in [0.05, 0.1) is 11.9 Å². The van der Waals surface area contributed by atoms with Crippen LogP contribution in [0.25, 0.3) is 0 Å². The van der Waals surface area contributed by atoms with Gasteiger partial charge in [-0.2, -0.15) is 0 Å². The van der Waals surface area contributed by atoms with Crippen molar-refractivity contribution in [2.75, 3.05) is 17.1 Å². The maximum Gasteiger partial charge on any atom is 0.244 e. The molecular formula is C25H31ClFN3O4S. The van der Waals surface area contributed by atoms with Crippen molar-refractivity contribution in [1.29, 1.82) is 0 Å². The molecule has 0 radical (unpaired) electrons. The maximum atomic E-state index is 13.5. The Morgan fingerprint density at radius 3 is 2.31 bits per heavy atom. The fourth-order valence-electron chi connectivity index (χ4n) is 4.18. The van der Waals surface area contributed by atoms with Gasteiger partial charge in [-0.15, -0.1) is 0 Å². The largest absolute Gasteiger partial charge is 0.352 e. The van der Waals surface area contributed by atoms with Gasteiger partial charge < -0.3 is 10.2 Å². The molecule has 35 heavy (non-hydrogen) atoms. The molecule has 1 N–H and O–H groups in total. The fraction of sp³-hybridized carbons (Fsp3) is 0.440. The van der Waals surface area contributed by atoms with Crippen molar-refractivity contribution in [3.63, 3.8) is 0 Å². The Hall–Kier alpha value is -2.65. The summed E-state index contributed by atoms with van der Waals surface area (Å²) < 4.78 is 39.3. The van der Waals surface area contributed by atoms with Crippen LogP contribution in [-0.2, 0) is 26.2 Å². The molecule has 0 spiro atoms. The van der Waals surface area contributed by atoms with Gasteiger partial charge in [0.2, 0.25) is 21.8 Å². The number of carbonyl (C=O) groups excluding carboxylic acids is 2. The number of nitrogens with one attached hydrogen (secondary N) is 1. The number of hydrogen-bond acceptors (Lipinski definition) is 4. The molecule has 2 aromatic carbocycles. The third-order valence-electron chi connectivity index (χ3n) is 6.21. The quantitative estimate of drug-likeness (QED) is 0.536. The fourth-order valence-corrected chi connectivity index (χ4v) is 5.23. The minimum absolute atomic E-state index is 0.0266. The average Bonchev–Trinajstić information content (AvgIpc) is 2.82. The SMILES string of the molecule is C[C@H](C(=O)NC1CCCCC1)N(Cc1ccccc1Cl)C(=O)CN(c1ccc(F)cc1)S(C)(=O)=O. The van der Waals surface area contributed by atoms with Gasteiger partial charge in [-0.1, -0.05) is 49.1 Å². The van der Waals surface area contributed by atoms with E-state index in [1.54, 1.807) is 31.2 Å². The molecule has 1 aliphatic carbocycles. The molecule has 0 unspecified atom stereocenters. The van der Waals surface area contributed by atoms with E-state index in [0.29, 0.717) is 10.6 Å². The van der Waals surface area contributed by atoms with Crippen molar-refractivity contribution in [3.05, 3.63) is 64.9 Å². The van der Waals surface area contributed by atoms with Crippen LogP contribution in [0.1, 0.15) is 44.6 Å². The number of rotatable bonds is 9. The standard InChI is InChI=1S/C25H31ClFN3O4S/c1-18(25(32)28-21-9-4-3-5-10-21)29(16-19-8-6-7-11-23(19)26)24(31)17-30(35(2,33)34)22-14-12-20(27)13-15-22/h6-8,11-15,18,21H,3-5,9-10,16-17H2,1-2H3,(H,28,32)/t18-/m1/s1. The number of halogens is 2. The molecule has 0 aromatic heterocycles. The highest BCUT2D eigenvalue weighted by Crippen LogP contribution is 2.22. The van der Waals surface area contributed by atoms with Crippen molar-refractivity contribution < 1.29 is 22.4 Å². The van der Waals surface area contributed by atoms with Crippen LogP contribution in [0.15, 0.2) is 48.5 Å². The minimum atomic E-state index is -3.87. The average molecular weight is 524 g/mol. The van der Waals surface area contributed by atoms with Gasteiger partial charge in [0.15, 0.2) is 0 Å². The summed E-state index contributed by atoms with van der Waals surface area (Å²) in [5, 5.41) is 3.47. The van der Waals surface area contributed by atoms with Crippen LogP contribution in [0.2, 0.25) is 5.02 Å². The summed E-state index contributed by atoms with van der Waals surface area (Å²) in [6, 6.07) is 11.0. The number of anilines is 1. The normalized spacial score (nSPS) is 15.3. The molecule has 1 aliphatic rings. The highest BCUT2D eigenvalue weighted by atomic mass is 35.5. The zero-order valence-electron chi connectivity index (χ0n) is 19.9. The lowest BCUT2D eigenvalue weighted by Crippen LogP contribution is -2.53. The molecule has 0 aliphatic heterocycles. The van der Waals surface area contributed by atoms with E-state index in [-0.39, 0.29) is 24.2 Å². The third kappa shape index (κ3) is 7.41. The second-order valence-corrected chi connectivity index (χ2v) is 11.2. The van der Waals surface area contributed by atoms with Crippen molar-refractivity contribution in [1.82, 2.24) is 10.2 Å². The molecule has 0 heterocycles. The first kappa shape index (κ1) is 26.9. The summed E-state index contributed by atoms with van der Waals surface area (Å²) in [5.41, 5.74) is 0.784. The van der Waals surface area contributed by atoms with Crippen LogP contribution in [0, 0.1) is 5.82 Å². The Morgan fingerprint density at radius 1 is 1.09 bits per heavy atom. The Kier molecular flexibility index (Phi) is 9.13. The van der Waals surface area contributed by atoms with Crippen molar-refractivity contribution in [3.8, 4) is 0 Å². The van der Waals surface area contributed by atoms with E-state index in [1.807, 2.05) is 0 Å². The van der Waals surface area contributed by atoms with Crippen LogP contribution < -0.4 is 9.62 Å². The predicted molar refractivity (Wildman–Crippen MR) is 135 cm³/mol. The number of carbonyl (C=O) groups is 2. The Labute approximate surface area is 211 Å². The highest BCUT2D eigenvalue weighted by molar-refractivity contribution is 7.92. The van der Waals surface area contributed by atoms with Gasteiger partial charge in [0.25, 0.3) is 0 Å². The molecule has 1 atom stereocenters. The van der Waals surface area contributed by atoms with Crippen molar-refractivity contribution in [2.24, 2.45) is 0 Å². The summed E-state index contributed by atoms with van der Waals surface area (Å²) in [5.74, 6) is -1.40. The molecule has 7 nitrogen and oxygen atoms in total. The number of amides is 2. The molecule has 10 heteroatoms. The van der Waals surface area contributed by atoms with Gasteiger partial charge in [0, 0.05) is 17.6 Å². The number of sulfonamides is 1. The van der Waals surface area contributed by atoms with E-state index in [9.17, 15) is 22.4 Å². The lowest BCUT2D eigenvalue weighted by molar-refractivity contribution is -0.139. The maximum absolute atomic E-state index is 13.5. The first-order valence-corrected chi connectivity index (χ1v) is 13.9. The molecule has 2 amide bonds. The van der Waals surface area contributed by atoms with Gasteiger partial charge >= 0.3 is 0 Å². The molecule has 0 saturated heterocycles. The first-order chi connectivity index (χ1) is 16.6. The minimum Gasteiger partial charge on any atom is -0.352 e. The Morgan fingerprint density at radius 2 is 1.71 bits per heavy atom. The predicted octanol–water partition coefficient (Wildman–Crippen LogP) is 4.11. The summed E-state index contributed by atoms with van der Waals surface area (Å²) in [4.78, 5) is 28.0. The summed E-state index contributed by atoms with van der Waals surface area (Å²) in [6.45, 7) is 1.10. The topological polar surface area (TPSA) is 86.8 Å². The first-order valence-electron chi connectivity index (χ1n) is 11.6. The number of benzene rings is 2. The molecule has 2 aromatic rings. The summed E-state index contributed by atoms with van der Waals surface area (Å²) in [7, 11) is -3.87. The highest BCUT2D eigenvalue weighted by Gasteiger charge is 2.31. The molecule has 1 fully saturated rings. The van der Waals surface area contributed by atoms with E-state index in [2.05, 4.69) is 5.32 Å². The second-order valence-electron chi connectivity index (χ2n) is 8.88. The second kappa shape index (κ2) is 11.9. The van der Waals surface area contributed by atoms with E-state index in [1.165, 1.54) is 17.0 Å². The van der Waals surface area contributed by atoms with E-state index < -0.39 is 34.3 Å². The number of nitrogens with zero attached hydrogens (tertiary/aromatic N) is 2. The Bertz CT molecular complexity index is 1140. The summed E-state index contributed by atoms with van der Waals surface area (Å²) >= 11 is 6.32. The van der Waals surface area contributed by atoms with Crippen molar-refractivity contribution in [2.45, 2.75) is 57.7 Å². The van der Waals surface area contributed by atoms with Crippen molar-refractivity contribution >= 4 is 39.1 Å². The Balaban J connectivity index is 1.87. The van der Waals surface area contributed by atoms with E-state index >= 15 is 0 Å². The smallest absolute Gasteiger partial charge is 0.244 e. The van der Waals surface area contributed by atoms with Crippen LogP contribution in [-0.4, -0.2) is 50.0 Å². The summed E-state index contributed by atoms with van der Waals surface area (Å²) in [6.07, 6.45) is 5.99. The van der Waals surface area contributed by atoms with E-state index in [0.717, 1.165) is 54.8 Å². The molecule has 3 rings (SSSR count). The van der Waals surface area contributed by atoms with Gasteiger partial charge in [0.1, 0.15) is 18.4 Å².